The van der Waals surface area contributed by atoms with E-state index in [1.807, 2.05) is 12.1 Å². The standard InChI is InChI=1S/C12H19N3O/c1-3-10-8-9(4-5-11(10)16-2)6-7-15-12(13)14/h4-5,8H,3,6-7H2,1-2H3,(H4,13,14,15). The Bertz CT molecular complexity index is 371. The third-order valence-electron chi connectivity index (χ3n) is 2.42. The Labute approximate surface area is 96.3 Å². The molecule has 0 radical (unpaired) electrons. The molecular weight excluding hydrogens is 202 g/mol. The van der Waals surface area contributed by atoms with Crippen molar-refractivity contribution in [1.29, 1.82) is 0 Å². The van der Waals surface area contributed by atoms with Crippen molar-refractivity contribution in [3.63, 3.8) is 0 Å². The highest BCUT2D eigenvalue weighted by Crippen LogP contribution is 2.20. The molecule has 1 rings (SSSR count). The van der Waals surface area contributed by atoms with Crippen LogP contribution in [0.1, 0.15) is 18.1 Å². The fraction of sp³-hybridized carbons (Fsp3) is 0.417. The molecule has 16 heavy (non-hydrogen) atoms. The molecule has 0 amide bonds. The van der Waals surface area contributed by atoms with Crippen molar-refractivity contribution in [2.24, 2.45) is 16.5 Å². The Balaban J connectivity index is 2.71. The van der Waals surface area contributed by atoms with Gasteiger partial charge < -0.3 is 16.2 Å². The number of nitrogens with two attached hydrogens (primary N) is 2. The molecule has 0 aliphatic heterocycles. The van der Waals surface area contributed by atoms with Crippen molar-refractivity contribution < 1.29 is 4.74 Å². The van der Waals surface area contributed by atoms with Crippen LogP contribution in [0.2, 0.25) is 0 Å². The molecule has 0 aliphatic rings. The SMILES string of the molecule is CCc1cc(CCN=C(N)N)ccc1OC. The zero-order valence-electron chi connectivity index (χ0n) is 9.86. The highest BCUT2D eigenvalue weighted by Gasteiger charge is 2.02. The van der Waals surface area contributed by atoms with Gasteiger partial charge in [-0.2, -0.15) is 0 Å². The second kappa shape index (κ2) is 6.00. The Morgan fingerprint density at radius 1 is 1.38 bits per heavy atom. The number of methoxy groups -OCH3 is 1. The van der Waals surface area contributed by atoms with E-state index >= 15 is 0 Å². The van der Waals surface area contributed by atoms with Gasteiger partial charge in [-0.3, -0.25) is 4.99 Å². The van der Waals surface area contributed by atoms with Crippen LogP contribution in [0.15, 0.2) is 23.2 Å². The minimum Gasteiger partial charge on any atom is -0.496 e. The number of hydrogen-bond acceptors (Lipinski definition) is 2. The number of rotatable bonds is 5. The molecule has 0 spiro atoms. The van der Waals surface area contributed by atoms with Crippen LogP contribution < -0.4 is 16.2 Å². The minimum atomic E-state index is 0.143. The van der Waals surface area contributed by atoms with Crippen LogP contribution in [0, 0.1) is 0 Å². The summed E-state index contributed by atoms with van der Waals surface area (Å²) in [6.45, 7) is 2.73. The molecule has 1 aromatic rings. The van der Waals surface area contributed by atoms with E-state index in [1.165, 1.54) is 11.1 Å². The van der Waals surface area contributed by atoms with Gasteiger partial charge in [0.05, 0.1) is 7.11 Å². The normalized spacial score (nSPS) is 9.88. The maximum absolute atomic E-state index is 5.27. The van der Waals surface area contributed by atoms with Crippen LogP contribution in [-0.4, -0.2) is 19.6 Å². The lowest BCUT2D eigenvalue weighted by molar-refractivity contribution is 0.410. The fourth-order valence-electron chi connectivity index (χ4n) is 1.58. The summed E-state index contributed by atoms with van der Waals surface area (Å²) in [5.41, 5.74) is 13.0. The van der Waals surface area contributed by atoms with Crippen molar-refractivity contribution in [2.75, 3.05) is 13.7 Å². The molecule has 0 heterocycles. The molecule has 4 N–H and O–H groups in total. The maximum atomic E-state index is 5.27. The molecule has 0 atom stereocenters. The molecule has 1 aromatic carbocycles. The third-order valence-corrected chi connectivity index (χ3v) is 2.42. The molecule has 0 aromatic heterocycles. The number of aliphatic imine (C=N–C) groups is 1. The van der Waals surface area contributed by atoms with Crippen LogP contribution in [0.5, 0.6) is 5.75 Å². The van der Waals surface area contributed by atoms with Gasteiger partial charge in [-0.1, -0.05) is 19.1 Å². The first-order chi connectivity index (χ1) is 7.67. The van der Waals surface area contributed by atoms with Crippen molar-refractivity contribution in [3.05, 3.63) is 29.3 Å². The summed E-state index contributed by atoms with van der Waals surface area (Å²) in [6.07, 6.45) is 1.80. The van der Waals surface area contributed by atoms with Gasteiger partial charge in [0.2, 0.25) is 0 Å². The molecule has 0 saturated heterocycles. The van der Waals surface area contributed by atoms with E-state index in [4.69, 9.17) is 16.2 Å². The Morgan fingerprint density at radius 3 is 2.69 bits per heavy atom. The number of hydrogen-bond donors (Lipinski definition) is 2. The molecule has 0 aliphatic carbocycles. The highest BCUT2D eigenvalue weighted by atomic mass is 16.5. The molecule has 0 saturated carbocycles. The fourth-order valence-corrected chi connectivity index (χ4v) is 1.58. The summed E-state index contributed by atoms with van der Waals surface area (Å²) in [5.74, 6) is 1.08. The van der Waals surface area contributed by atoms with E-state index in [2.05, 4.69) is 18.0 Å². The molecule has 4 nitrogen and oxygen atoms in total. The second-order valence-corrected chi connectivity index (χ2v) is 3.56. The molecule has 0 unspecified atom stereocenters. The number of benzene rings is 1. The third kappa shape index (κ3) is 3.46. The quantitative estimate of drug-likeness (QED) is 0.577. The lowest BCUT2D eigenvalue weighted by atomic mass is 10.1. The van der Waals surface area contributed by atoms with Crippen LogP contribution in [0.25, 0.3) is 0 Å². The Hall–Kier alpha value is -1.71. The van der Waals surface area contributed by atoms with Gasteiger partial charge in [0.1, 0.15) is 5.75 Å². The lowest BCUT2D eigenvalue weighted by Crippen LogP contribution is -2.23. The summed E-state index contributed by atoms with van der Waals surface area (Å²) < 4.78 is 5.27. The predicted octanol–water partition coefficient (Wildman–Crippen LogP) is 1.07. The largest absolute Gasteiger partial charge is 0.496 e. The molecule has 0 bridgehead atoms. The first kappa shape index (κ1) is 12.4. The number of ether oxygens (including phenoxy) is 1. The average molecular weight is 221 g/mol. The van der Waals surface area contributed by atoms with E-state index in [1.54, 1.807) is 7.11 Å². The van der Waals surface area contributed by atoms with Gasteiger partial charge in [0.15, 0.2) is 5.96 Å². The van der Waals surface area contributed by atoms with E-state index in [0.717, 1.165) is 18.6 Å². The smallest absolute Gasteiger partial charge is 0.185 e. The van der Waals surface area contributed by atoms with Crippen LogP contribution in [0.3, 0.4) is 0 Å². The number of aryl methyl sites for hydroxylation is 1. The van der Waals surface area contributed by atoms with Crippen LogP contribution in [-0.2, 0) is 12.8 Å². The van der Waals surface area contributed by atoms with Gasteiger partial charge in [-0.25, -0.2) is 0 Å². The van der Waals surface area contributed by atoms with E-state index in [9.17, 15) is 0 Å². The molecular formula is C12H19N3O. The van der Waals surface area contributed by atoms with Crippen LogP contribution in [0.4, 0.5) is 0 Å². The molecule has 88 valence electrons. The summed E-state index contributed by atoms with van der Waals surface area (Å²) in [6, 6.07) is 6.17. The van der Waals surface area contributed by atoms with E-state index < -0.39 is 0 Å². The summed E-state index contributed by atoms with van der Waals surface area (Å²) in [5, 5.41) is 0. The van der Waals surface area contributed by atoms with Gasteiger partial charge >= 0.3 is 0 Å². The minimum absolute atomic E-state index is 0.143. The monoisotopic (exact) mass is 221 g/mol. The highest BCUT2D eigenvalue weighted by molar-refractivity contribution is 5.75. The van der Waals surface area contributed by atoms with Gasteiger partial charge in [-0.15, -0.1) is 0 Å². The summed E-state index contributed by atoms with van der Waals surface area (Å²) >= 11 is 0. The summed E-state index contributed by atoms with van der Waals surface area (Å²) in [4.78, 5) is 3.96. The Morgan fingerprint density at radius 2 is 2.12 bits per heavy atom. The second-order valence-electron chi connectivity index (χ2n) is 3.56. The van der Waals surface area contributed by atoms with Crippen molar-refractivity contribution in [2.45, 2.75) is 19.8 Å². The molecule has 4 heteroatoms. The first-order valence-electron chi connectivity index (χ1n) is 5.38. The summed E-state index contributed by atoms with van der Waals surface area (Å²) in [7, 11) is 1.69. The maximum Gasteiger partial charge on any atom is 0.185 e. The number of guanidine groups is 1. The topological polar surface area (TPSA) is 73.6 Å². The number of nitrogens with zero attached hydrogens (tertiary/aromatic N) is 1. The van der Waals surface area contributed by atoms with E-state index in [-0.39, 0.29) is 5.96 Å². The van der Waals surface area contributed by atoms with Crippen molar-refractivity contribution in [3.8, 4) is 5.75 Å². The van der Waals surface area contributed by atoms with Gasteiger partial charge in [0, 0.05) is 6.54 Å². The van der Waals surface area contributed by atoms with Crippen molar-refractivity contribution in [1.82, 2.24) is 0 Å². The lowest BCUT2D eigenvalue weighted by Gasteiger charge is -2.08. The molecule has 0 fully saturated rings. The van der Waals surface area contributed by atoms with Gasteiger partial charge in [0.25, 0.3) is 0 Å². The Kier molecular flexibility index (Phi) is 4.64. The first-order valence-corrected chi connectivity index (χ1v) is 5.38. The van der Waals surface area contributed by atoms with Crippen molar-refractivity contribution >= 4 is 5.96 Å². The van der Waals surface area contributed by atoms with Gasteiger partial charge in [-0.05, 0) is 30.0 Å². The van der Waals surface area contributed by atoms with E-state index in [0.29, 0.717) is 6.54 Å². The predicted molar refractivity (Wildman–Crippen MR) is 66.8 cm³/mol. The van der Waals surface area contributed by atoms with Crippen LogP contribution >= 0.6 is 0 Å². The zero-order chi connectivity index (χ0) is 12.0. The zero-order valence-corrected chi connectivity index (χ0v) is 9.86. The average Bonchev–Trinajstić information content (AvgIpc) is 2.28.